The van der Waals surface area contributed by atoms with Crippen molar-refractivity contribution in [2.24, 2.45) is 0 Å². The molecule has 0 bridgehead atoms. The van der Waals surface area contributed by atoms with Crippen LogP contribution >= 0.6 is 0 Å². The number of nitriles is 2. The van der Waals surface area contributed by atoms with Gasteiger partial charge < -0.3 is 10.6 Å². The van der Waals surface area contributed by atoms with Crippen LogP contribution in [0.4, 0.5) is 18.9 Å². The van der Waals surface area contributed by atoms with Crippen LogP contribution in [0, 0.1) is 22.7 Å². The van der Waals surface area contributed by atoms with E-state index >= 15 is 0 Å². The predicted octanol–water partition coefficient (Wildman–Crippen LogP) is 1.91. The van der Waals surface area contributed by atoms with Gasteiger partial charge in [0.1, 0.15) is 24.7 Å². The summed E-state index contributed by atoms with van der Waals surface area (Å²) in [4.78, 5) is 11.5. The van der Waals surface area contributed by atoms with Crippen molar-refractivity contribution in [3.63, 3.8) is 0 Å². The van der Waals surface area contributed by atoms with Gasteiger partial charge in [0.2, 0.25) is 5.91 Å². The van der Waals surface area contributed by atoms with E-state index in [1.807, 2.05) is 12.1 Å². The van der Waals surface area contributed by atoms with E-state index in [1.54, 1.807) is 5.32 Å². The van der Waals surface area contributed by atoms with Crippen LogP contribution in [-0.4, -0.2) is 24.7 Å². The number of benzene rings is 1. The molecule has 1 amide bonds. The first-order valence-electron chi connectivity index (χ1n) is 5.82. The third kappa shape index (κ3) is 5.03. The first-order valence-corrected chi connectivity index (χ1v) is 5.82. The van der Waals surface area contributed by atoms with Crippen LogP contribution in [0.2, 0.25) is 0 Å². The highest BCUT2D eigenvalue weighted by Gasteiger charge is 2.28. The summed E-state index contributed by atoms with van der Waals surface area (Å²) in [5.41, 5.74) is 0.655. The second-order valence-electron chi connectivity index (χ2n) is 4.18. The summed E-state index contributed by atoms with van der Waals surface area (Å²) >= 11 is 0. The molecule has 0 heterocycles. The van der Waals surface area contributed by atoms with Crippen LogP contribution < -0.4 is 10.6 Å². The Hall–Kier alpha value is -2.74. The van der Waals surface area contributed by atoms with Gasteiger partial charge in [-0.2, -0.15) is 23.7 Å². The highest BCUT2D eigenvalue weighted by Crippen LogP contribution is 2.16. The number of anilines is 1. The zero-order valence-electron chi connectivity index (χ0n) is 11.0. The number of nitrogens with one attached hydrogen (secondary N) is 2. The second-order valence-corrected chi connectivity index (χ2v) is 4.18. The maximum Gasteiger partial charge on any atom is 0.405 e. The lowest BCUT2D eigenvalue weighted by molar-refractivity contribution is -0.138. The maximum absolute atomic E-state index is 12.0. The Kier molecular flexibility index (Phi) is 5.14. The minimum absolute atomic E-state index is 0.116. The standard InChI is InChI=1S/C13H11F3N4O/c1-8(12(21)19-7-13(14,15)16)20-11-3-2-9(5-17)10(4-11)6-18/h2-4,8,20H,7H2,1H3,(H,19,21). The Balaban J connectivity index is 2.71. The van der Waals surface area contributed by atoms with Crippen molar-refractivity contribution in [3.05, 3.63) is 29.3 Å². The third-order valence-corrected chi connectivity index (χ3v) is 2.50. The van der Waals surface area contributed by atoms with Crippen molar-refractivity contribution in [1.82, 2.24) is 5.32 Å². The Morgan fingerprint density at radius 1 is 1.29 bits per heavy atom. The summed E-state index contributed by atoms with van der Waals surface area (Å²) in [7, 11) is 0. The van der Waals surface area contributed by atoms with Crippen molar-refractivity contribution in [2.45, 2.75) is 19.1 Å². The highest BCUT2D eigenvalue weighted by molar-refractivity contribution is 5.84. The number of rotatable bonds is 4. The molecule has 1 unspecified atom stereocenters. The molecule has 0 saturated carbocycles. The fraction of sp³-hybridized carbons (Fsp3) is 0.308. The average molecular weight is 296 g/mol. The van der Waals surface area contributed by atoms with Crippen LogP contribution in [-0.2, 0) is 4.79 Å². The second kappa shape index (κ2) is 6.62. The number of carbonyl (C=O) groups is 1. The first kappa shape index (κ1) is 16.3. The molecule has 5 nitrogen and oxygen atoms in total. The van der Waals surface area contributed by atoms with E-state index in [9.17, 15) is 18.0 Å². The zero-order valence-corrected chi connectivity index (χ0v) is 11.0. The van der Waals surface area contributed by atoms with Crippen LogP contribution in [0.3, 0.4) is 0 Å². The SMILES string of the molecule is CC(Nc1ccc(C#N)c(C#N)c1)C(=O)NCC(F)(F)F. The number of hydrogen-bond acceptors (Lipinski definition) is 4. The van der Waals surface area contributed by atoms with Gasteiger partial charge in [-0.25, -0.2) is 0 Å². The topological polar surface area (TPSA) is 88.7 Å². The Morgan fingerprint density at radius 3 is 2.43 bits per heavy atom. The molecular weight excluding hydrogens is 285 g/mol. The van der Waals surface area contributed by atoms with Gasteiger partial charge in [-0.3, -0.25) is 4.79 Å². The lowest BCUT2D eigenvalue weighted by Crippen LogP contribution is -2.42. The van der Waals surface area contributed by atoms with Gasteiger partial charge in [0.25, 0.3) is 0 Å². The van der Waals surface area contributed by atoms with E-state index in [0.717, 1.165) is 0 Å². The van der Waals surface area contributed by atoms with E-state index in [1.165, 1.54) is 25.1 Å². The largest absolute Gasteiger partial charge is 0.405 e. The van der Waals surface area contributed by atoms with E-state index in [2.05, 4.69) is 5.32 Å². The predicted molar refractivity (Wildman–Crippen MR) is 68.0 cm³/mol. The van der Waals surface area contributed by atoms with E-state index in [4.69, 9.17) is 10.5 Å². The molecule has 1 aromatic carbocycles. The van der Waals surface area contributed by atoms with Gasteiger partial charge >= 0.3 is 6.18 Å². The maximum atomic E-state index is 12.0. The van der Waals surface area contributed by atoms with Crippen LogP contribution in [0.5, 0.6) is 0 Å². The molecule has 0 aromatic heterocycles. The molecular formula is C13H11F3N4O. The number of carbonyl (C=O) groups excluding carboxylic acids is 1. The summed E-state index contributed by atoms with van der Waals surface area (Å²) in [5, 5.41) is 22.0. The highest BCUT2D eigenvalue weighted by atomic mass is 19.4. The normalized spacial score (nSPS) is 11.9. The molecule has 0 aliphatic rings. The van der Waals surface area contributed by atoms with Gasteiger partial charge in [0.05, 0.1) is 11.1 Å². The Labute approximate surface area is 119 Å². The lowest BCUT2D eigenvalue weighted by atomic mass is 10.1. The van der Waals surface area contributed by atoms with Crippen molar-refractivity contribution < 1.29 is 18.0 Å². The first-order chi connectivity index (χ1) is 9.76. The summed E-state index contributed by atoms with van der Waals surface area (Å²) < 4.78 is 36.0. The molecule has 0 radical (unpaired) electrons. The van der Waals surface area contributed by atoms with Gasteiger partial charge in [-0.05, 0) is 25.1 Å². The summed E-state index contributed by atoms with van der Waals surface area (Å²) in [6.45, 7) is -0.0232. The Morgan fingerprint density at radius 2 is 1.90 bits per heavy atom. The summed E-state index contributed by atoms with van der Waals surface area (Å²) in [5.74, 6) is -0.824. The number of nitrogens with zero attached hydrogens (tertiary/aromatic N) is 2. The molecule has 110 valence electrons. The lowest BCUT2D eigenvalue weighted by Gasteiger charge is -2.16. The van der Waals surface area contributed by atoms with Crippen LogP contribution in [0.1, 0.15) is 18.1 Å². The van der Waals surface area contributed by atoms with E-state index in [0.29, 0.717) is 5.69 Å². The molecule has 1 rings (SSSR count). The van der Waals surface area contributed by atoms with Crippen LogP contribution in [0.25, 0.3) is 0 Å². The Bertz CT molecular complexity index is 613. The number of amides is 1. The summed E-state index contributed by atoms with van der Waals surface area (Å²) in [6.07, 6.45) is -4.47. The van der Waals surface area contributed by atoms with Gasteiger partial charge in [0, 0.05) is 5.69 Å². The summed E-state index contributed by atoms with van der Waals surface area (Å²) in [6, 6.07) is 6.94. The number of alkyl halides is 3. The molecule has 0 saturated heterocycles. The molecule has 21 heavy (non-hydrogen) atoms. The molecule has 0 aliphatic carbocycles. The number of hydrogen-bond donors (Lipinski definition) is 2. The van der Waals surface area contributed by atoms with Crippen molar-refractivity contribution in [2.75, 3.05) is 11.9 Å². The van der Waals surface area contributed by atoms with E-state index < -0.39 is 24.7 Å². The van der Waals surface area contributed by atoms with Gasteiger partial charge in [-0.15, -0.1) is 0 Å². The van der Waals surface area contributed by atoms with Gasteiger partial charge in [0.15, 0.2) is 0 Å². The fourth-order valence-electron chi connectivity index (χ4n) is 1.48. The molecule has 0 fully saturated rings. The molecule has 1 aromatic rings. The molecule has 8 heteroatoms. The zero-order chi connectivity index (χ0) is 16.0. The van der Waals surface area contributed by atoms with Crippen molar-refractivity contribution in [3.8, 4) is 12.1 Å². The fourth-order valence-corrected chi connectivity index (χ4v) is 1.48. The van der Waals surface area contributed by atoms with Crippen LogP contribution in [0.15, 0.2) is 18.2 Å². The number of halogens is 3. The third-order valence-electron chi connectivity index (χ3n) is 2.50. The minimum atomic E-state index is -4.47. The van der Waals surface area contributed by atoms with Gasteiger partial charge in [-0.1, -0.05) is 0 Å². The molecule has 1 atom stereocenters. The minimum Gasteiger partial charge on any atom is -0.374 e. The quantitative estimate of drug-likeness (QED) is 0.888. The molecule has 0 spiro atoms. The molecule has 2 N–H and O–H groups in total. The molecule has 0 aliphatic heterocycles. The van der Waals surface area contributed by atoms with E-state index in [-0.39, 0.29) is 11.1 Å². The smallest absolute Gasteiger partial charge is 0.374 e. The van der Waals surface area contributed by atoms with Crippen molar-refractivity contribution in [1.29, 1.82) is 10.5 Å². The monoisotopic (exact) mass is 296 g/mol. The van der Waals surface area contributed by atoms with Crippen molar-refractivity contribution >= 4 is 11.6 Å². The average Bonchev–Trinajstić information content (AvgIpc) is 2.43.